The Kier molecular flexibility index (Phi) is 2.67. The minimum Gasteiger partial charge on any atom is -0.497 e. The molecule has 0 amide bonds. The lowest BCUT2D eigenvalue weighted by Crippen LogP contribution is -2.23. The van der Waals surface area contributed by atoms with Crippen LogP contribution in [0.25, 0.3) is 0 Å². The Hall–Kier alpha value is -1.52. The molecule has 0 saturated heterocycles. The van der Waals surface area contributed by atoms with Crippen molar-refractivity contribution in [2.75, 3.05) is 11.9 Å². The zero-order valence-electron chi connectivity index (χ0n) is 8.18. The van der Waals surface area contributed by atoms with Crippen LogP contribution >= 0.6 is 0 Å². The van der Waals surface area contributed by atoms with Gasteiger partial charge in [-0.2, -0.15) is 0 Å². The third-order valence-corrected chi connectivity index (χ3v) is 2.25. The SMILES string of the molecule is Cn1nncc1NCC1CCC=CO1. The lowest BCUT2D eigenvalue weighted by atomic mass is 10.1. The van der Waals surface area contributed by atoms with Gasteiger partial charge in [-0.05, 0) is 18.9 Å². The highest BCUT2D eigenvalue weighted by molar-refractivity contribution is 5.30. The molecular formula is C9H14N4O. The average Bonchev–Trinajstić information content (AvgIpc) is 2.63. The van der Waals surface area contributed by atoms with Crippen molar-refractivity contribution in [3.8, 4) is 0 Å². The van der Waals surface area contributed by atoms with Gasteiger partial charge in [-0.3, -0.25) is 0 Å². The van der Waals surface area contributed by atoms with Gasteiger partial charge in [-0.15, -0.1) is 5.10 Å². The van der Waals surface area contributed by atoms with Crippen molar-refractivity contribution in [2.45, 2.75) is 18.9 Å². The minimum atomic E-state index is 0.259. The third-order valence-electron chi connectivity index (χ3n) is 2.25. The third kappa shape index (κ3) is 2.04. The monoisotopic (exact) mass is 194 g/mol. The Morgan fingerprint density at radius 2 is 2.64 bits per heavy atom. The topological polar surface area (TPSA) is 52.0 Å². The molecule has 1 aromatic heterocycles. The van der Waals surface area contributed by atoms with Crippen molar-refractivity contribution in [1.82, 2.24) is 15.0 Å². The van der Waals surface area contributed by atoms with Gasteiger partial charge >= 0.3 is 0 Å². The molecule has 5 heteroatoms. The van der Waals surface area contributed by atoms with Crippen LogP contribution in [0.4, 0.5) is 5.82 Å². The van der Waals surface area contributed by atoms with E-state index in [0.29, 0.717) is 0 Å². The Balaban J connectivity index is 1.82. The number of rotatable bonds is 3. The van der Waals surface area contributed by atoms with Crippen molar-refractivity contribution < 1.29 is 4.74 Å². The van der Waals surface area contributed by atoms with Crippen LogP contribution in [0.15, 0.2) is 18.5 Å². The number of hydrogen-bond acceptors (Lipinski definition) is 4. The number of nitrogens with one attached hydrogen (secondary N) is 1. The van der Waals surface area contributed by atoms with Crippen LogP contribution < -0.4 is 5.32 Å². The summed E-state index contributed by atoms with van der Waals surface area (Å²) in [6, 6.07) is 0. The highest BCUT2D eigenvalue weighted by Crippen LogP contribution is 2.11. The van der Waals surface area contributed by atoms with Crippen molar-refractivity contribution in [2.24, 2.45) is 7.05 Å². The Bertz CT molecular complexity index is 320. The first kappa shape index (κ1) is 9.05. The van der Waals surface area contributed by atoms with E-state index in [1.54, 1.807) is 17.1 Å². The smallest absolute Gasteiger partial charge is 0.144 e. The summed E-state index contributed by atoms with van der Waals surface area (Å²) >= 11 is 0. The van der Waals surface area contributed by atoms with E-state index in [-0.39, 0.29) is 6.10 Å². The molecule has 0 aromatic carbocycles. The molecule has 76 valence electrons. The fraction of sp³-hybridized carbons (Fsp3) is 0.556. The molecule has 1 aliphatic rings. The zero-order chi connectivity index (χ0) is 9.80. The maximum atomic E-state index is 5.42. The molecule has 1 N–H and O–H groups in total. The normalized spacial score (nSPS) is 20.5. The maximum absolute atomic E-state index is 5.42. The predicted molar refractivity (Wildman–Crippen MR) is 52.7 cm³/mol. The van der Waals surface area contributed by atoms with E-state index in [2.05, 4.69) is 15.6 Å². The van der Waals surface area contributed by atoms with E-state index in [1.807, 2.05) is 13.1 Å². The van der Waals surface area contributed by atoms with Crippen molar-refractivity contribution in [3.63, 3.8) is 0 Å². The van der Waals surface area contributed by atoms with Crippen LogP contribution in [0.2, 0.25) is 0 Å². The Morgan fingerprint density at radius 3 is 3.29 bits per heavy atom. The summed E-state index contributed by atoms with van der Waals surface area (Å²) in [7, 11) is 1.86. The quantitative estimate of drug-likeness (QED) is 0.777. The largest absolute Gasteiger partial charge is 0.497 e. The van der Waals surface area contributed by atoms with Crippen molar-refractivity contribution in [3.05, 3.63) is 18.5 Å². The van der Waals surface area contributed by atoms with Crippen molar-refractivity contribution in [1.29, 1.82) is 0 Å². The second-order valence-corrected chi connectivity index (χ2v) is 3.33. The molecule has 0 bridgehead atoms. The number of aryl methyl sites for hydroxylation is 1. The highest BCUT2D eigenvalue weighted by Gasteiger charge is 2.11. The van der Waals surface area contributed by atoms with Gasteiger partial charge in [0.2, 0.25) is 0 Å². The number of nitrogens with zero attached hydrogens (tertiary/aromatic N) is 3. The Labute approximate surface area is 82.7 Å². The zero-order valence-corrected chi connectivity index (χ0v) is 8.18. The van der Waals surface area contributed by atoms with E-state index in [9.17, 15) is 0 Å². The lowest BCUT2D eigenvalue weighted by Gasteiger charge is -2.19. The summed E-state index contributed by atoms with van der Waals surface area (Å²) < 4.78 is 7.13. The number of aromatic nitrogens is 3. The van der Waals surface area contributed by atoms with Crippen LogP contribution in [0.5, 0.6) is 0 Å². The number of hydrogen-bond donors (Lipinski definition) is 1. The van der Waals surface area contributed by atoms with E-state index in [1.165, 1.54) is 0 Å². The molecule has 14 heavy (non-hydrogen) atoms. The van der Waals surface area contributed by atoms with Gasteiger partial charge in [0.05, 0.1) is 19.0 Å². The first-order chi connectivity index (χ1) is 6.86. The first-order valence-electron chi connectivity index (χ1n) is 4.75. The predicted octanol–water partition coefficient (Wildman–Crippen LogP) is 0.920. The van der Waals surface area contributed by atoms with Crippen LogP contribution in [0.3, 0.4) is 0 Å². The van der Waals surface area contributed by atoms with Gasteiger partial charge in [-0.25, -0.2) is 4.68 Å². The van der Waals surface area contributed by atoms with Gasteiger partial charge in [0.15, 0.2) is 0 Å². The molecule has 0 aliphatic carbocycles. The fourth-order valence-electron chi connectivity index (χ4n) is 1.40. The molecule has 1 atom stereocenters. The van der Waals surface area contributed by atoms with E-state index >= 15 is 0 Å². The summed E-state index contributed by atoms with van der Waals surface area (Å²) in [5, 5.41) is 10.9. The average molecular weight is 194 g/mol. The number of allylic oxidation sites excluding steroid dienone is 1. The van der Waals surface area contributed by atoms with E-state index in [0.717, 1.165) is 25.2 Å². The number of anilines is 1. The molecule has 0 spiro atoms. The molecule has 1 aromatic rings. The Morgan fingerprint density at radius 1 is 1.71 bits per heavy atom. The highest BCUT2D eigenvalue weighted by atomic mass is 16.5. The van der Waals surface area contributed by atoms with Crippen LogP contribution in [0.1, 0.15) is 12.8 Å². The van der Waals surface area contributed by atoms with E-state index < -0.39 is 0 Å². The van der Waals surface area contributed by atoms with Gasteiger partial charge in [0.25, 0.3) is 0 Å². The molecule has 0 radical (unpaired) electrons. The first-order valence-corrected chi connectivity index (χ1v) is 4.75. The van der Waals surface area contributed by atoms with Crippen LogP contribution in [-0.2, 0) is 11.8 Å². The number of ether oxygens (including phenoxy) is 1. The lowest BCUT2D eigenvalue weighted by molar-refractivity contribution is 0.135. The standard InChI is InChI=1S/C9H14N4O/c1-13-9(7-11-12-13)10-6-8-4-2-3-5-14-8/h3,5,7-8,10H,2,4,6H2,1H3. The molecule has 5 nitrogen and oxygen atoms in total. The van der Waals surface area contributed by atoms with Crippen molar-refractivity contribution >= 4 is 5.82 Å². The molecule has 1 aliphatic heterocycles. The molecular weight excluding hydrogens is 180 g/mol. The summed E-state index contributed by atoms with van der Waals surface area (Å²) in [5.74, 6) is 0.920. The summed E-state index contributed by atoms with van der Waals surface area (Å²) in [6.45, 7) is 0.797. The fourth-order valence-corrected chi connectivity index (χ4v) is 1.40. The minimum absolute atomic E-state index is 0.259. The van der Waals surface area contributed by atoms with Gasteiger partial charge < -0.3 is 10.1 Å². The molecule has 0 saturated carbocycles. The molecule has 2 rings (SSSR count). The van der Waals surface area contributed by atoms with Crippen LogP contribution in [0, 0.1) is 0 Å². The molecule has 2 heterocycles. The maximum Gasteiger partial charge on any atom is 0.144 e. The molecule has 0 fully saturated rings. The van der Waals surface area contributed by atoms with Crippen LogP contribution in [-0.4, -0.2) is 27.6 Å². The summed E-state index contributed by atoms with van der Waals surface area (Å²) in [5.41, 5.74) is 0. The van der Waals surface area contributed by atoms with E-state index in [4.69, 9.17) is 4.74 Å². The van der Waals surface area contributed by atoms with Gasteiger partial charge in [-0.1, -0.05) is 5.21 Å². The summed E-state index contributed by atoms with van der Waals surface area (Å²) in [4.78, 5) is 0. The summed E-state index contributed by atoms with van der Waals surface area (Å²) in [6.07, 6.45) is 7.94. The second-order valence-electron chi connectivity index (χ2n) is 3.33. The second kappa shape index (κ2) is 4.13. The molecule has 1 unspecified atom stereocenters. The van der Waals surface area contributed by atoms with Gasteiger partial charge in [0.1, 0.15) is 11.9 Å². The van der Waals surface area contributed by atoms with Gasteiger partial charge in [0, 0.05) is 7.05 Å².